The summed E-state index contributed by atoms with van der Waals surface area (Å²) in [6, 6.07) is 7.34. The Morgan fingerprint density at radius 1 is 1.27 bits per heavy atom. The van der Waals surface area contributed by atoms with Crippen LogP contribution in [0.15, 0.2) is 45.8 Å². The van der Waals surface area contributed by atoms with Crippen molar-refractivity contribution < 1.29 is 26.9 Å². The van der Waals surface area contributed by atoms with Crippen molar-refractivity contribution in [1.29, 1.82) is 0 Å². The molecule has 0 saturated carbocycles. The highest BCUT2D eigenvalue weighted by atomic mass is 35.5. The van der Waals surface area contributed by atoms with Gasteiger partial charge in [0.1, 0.15) is 11.6 Å². The molecule has 2 heterocycles. The zero-order valence-corrected chi connectivity index (χ0v) is 17.0. The lowest BCUT2D eigenvalue weighted by Crippen LogP contribution is -2.38. The molecule has 156 valence electrons. The molecule has 2 aromatic carbocycles. The van der Waals surface area contributed by atoms with Crippen LogP contribution in [0.1, 0.15) is 11.7 Å². The Kier molecular flexibility index (Phi) is 5.08. The van der Waals surface area contributed by atoms with Crippen molar-refractivity contribution in [2.75, 3.05) is 16.2 Å². The van der Waals surface area contributed by atoms with Gasteiger partial charge in [-0.1, -0.05) is 16.8 Å². The summed E-state index contributed by atoms with van der Waals surface area (Å²) in [5.41, 5.74) is 0.254. The molecule has 0 aliphatic carbocycles. The molecule has 0 radical (unpaired) electrons. The Balaban J connectivity index is 1.68. The van der Waals surface area contributed by atoms with E-state index in [4.69, 9.17) is 20.9 Å². The molecular formula is C18H14ClFN4O5S. The molecule has 0 fully saturated rings. The van der Waals surface area contributed by atoms with Crippen molar-refractivity contribution in [2.24, 2.45) is 0 Å². The third kappa shape index (κ3) is 3.94. The van der Waals surface area contributed by atoms with E-state index < -0.39 is 21.7 Å². The first-order chi connectivity index (χ1) is 14.2. The van der Waals surface area contributed by atoms with Gasteiger partial charge in [0.15, 0.2) is 12.4 Å². The molecule has 1 amide bonds. The van der Waals surface area contributed by atoms with Gasteiger partial charge in [-0.25, -0.2) is 12.8 Å². The summed E-state index contributed by atoms with van der Waals surface area (Å²) in [7, 11) is -4.09. The zero-order chi connectivity index (χ0) is 21.5. The van der Waals surface area contributed by atoms with Crippen LogP contribution in [-0.2, 0) is 21.4 Å². The number of benzene rings is 2. The Morgan fingerprint density at radius 2 is 2.07 bits per heavy atom. The molecule has 12 heteroatoms. The maximum atomic E-state index is 13.2. The van der Waals surface area contributed by atoms with Crippen LogP contribution in [0.25, 0.3) is 0 Å². The monoisotopic (exact) mass is 452 g/mol. The third-order valence-corrected chi connectivity index (χ3v) is 5.90. The molecule has 0 atom stereocenters. The molecule has 4 rings (SSSR count). The third-order valence-electron chi connectivity index (χ3n) is 4.23. The van der Waals surface area contributed by atoms with E-state index in [1.54, 1.807) is 6.92 Å². The fourth-order valence-electron chi connectivity index (χ4n) is 2.85. The summed E-state index contributed by atoms with van der Waals surface area (Å²) in [6.07, 6.45) is 0. The Morgan fingerprint density at radius 3 is 2.77 bits per heavy atom. The summed E-state index contributed by atoms with van der Waals surface area (Å²) >= 11 is 5.91. The van der Waals surface area contributed by atoms with Gasteiger partial charge in [0.25, 0.3) is 15.9 Å². The number of nitrogens with one attached hydrogen (secondary N) is 1. The van der Waals surface area contributed by atoms with Crippen LogP contribution in [0.5, 0.6) is 5.75 Å². The highest BCUT2D eigenvalue weighted by molar-refractivity contribution is 7.92. The first kappa shape index (κ1) is 20.1. The second-order valence-corrected chi connectivity index (χ2v) is 8.45. The second-order valence-electron chi connectivity index (χ2n) is 6.36. The van der Waals surface area contributed by atoms with Crippen molar-refractivity contribution in [3.63, 3.8) is 0 Å². The van der Waals surface area contributed by atoms with Crippen molar-refractivity contribution >= 4 is 38.9 Å². The Hall–Kier alpha value is -3.18. The van der Waals surface area contributed by atoms with E-state index in [-0.39, 0.29) is 40.3 Å². The van der Waals surface area contributed by atoms with Crippen LogP contribution in [-0.4, -0.2) is 31.1 Å². The molecule has 0 bridgehead atoms. The number of halogens is 2. The van der Waals surface area contributed by atoms with Gasteiger partial charge in [-0.3, -0.25) is 14.4 Å². The summed E-state index contributed by atoms with van der Waals surface area (Å²) in [4.78, 5) is 17.6. The van der Waals surface area contributed by atoms with Crippen molar-refractivity contribution in [1.82, 2.24) is 10.1 Å². The first-order valence-electron chi connectivity index (χ1n) is 8.57. The number of nitrogens with zero attached hydrogens (tertiary/aromatic N) is 3. The quantitative estimate of drug-likeness (QED) is 0.632. The number of carbonyl (C=O) groups is 1. The highest BCUT2D eigenvalue weighted by Gasteiger charge is 2.29. The largest absolute Gasteiger partial charge is 0.482 e. The zero-order valence-electron chi connectivity index (χ0n) is 15.4. The van der Waals surface area contributed by atoms with Crippen LogP contribution in [0.2, 0.25) is 5.02 Å². The minimum absolute atomic E-state index is 0.0160. The molecule has 1 aromatic heterocycles. The predicted molar refractivity (Wildman–Crippen MR) is 104 cm³/mol. The van der Waals surface area contributed by atoms with E-state index in [1.807, 2.05) is 0 Å². The number of carbonyl (C=O) groups excluding carboxylic acids is 1. The average molecular weight is 453 g/mol. The van der Waals surface area contributed by atoms with Gasteiger partial charge < -0.3 is 9.26 Å². The average Bonchev–Trinajstić information content (AvgIpc) is 3.11. The fourth-order valence-corrected chi connectivity index (χ4v) is 4.22. The Labute approximate surface area is 175 Å². The lowest BCUT2D eigenvalue weighted by molar-refractivity contribution is -0.121. The number of aryl methyl sites for hydroxylation is 1. The van der Waals surface area contributed by atoms with Crippen molar-refractivity contribution in [3.8, 4) is 5.75 Å². The van der Waals surface area contributed by atoms with E-state index in [0.29, 0.717) is 11.6 Å². The number of rotatable bonds is 5. The number of aromatic nitrogens is 2. The van der Waals surface area contributed by atoms with Gasteiger partial charge in [0.2, 0.25) is 5.89 Å². The molecule has 3 aromatic rings. The number of hydrogen-bond donors (Lipinski definition) is 1. The molecule has 1 N–H and O–H groups in total. The van der Waals surface area contributed by atoms with E-state index in [0.717, 1.165) is 12.1 Å². The molecule has 9 nitrogen and oxygen atoms in total. The molecule has 0 spiro atoms. The normalized spacial score (nSPS) is 13.7. The lowest BCUT2D eigenvalue weighted by atomic mass is 10.2. The molecule has 30 heavy (non-hydrogen) atoms. The number of anilines is 2. The Bertz CT molecular complexity index is 1250. The smallest absolute Gasteiger partial charge is 0.265 e. The van der Waals surface area contributed by atoms with Gasteiger partial charge in [-0.15, -0.1) is 0 Å². The summed E-state index contributed by atoms with van der Waals surface area (Å²) in [5.74, 6) is -0.0665. The van der Waals surface area contributed by atoms with Crippen molar-refractivity contribution in [3.05, 3.63) is 59.0 Å². The topological polar surface area (TPSA) is 115 Å². The van der Waals surface area contributed by atoms with E-state index in [2.05, 4.69) is 14.9 Å². The van der Waals surface area contributed by atoms with E-state index >= 15 is 0 Å². The van der Waals surface area contributed by atoms with Gasteiger partial charge in [0, 0.05) is 6.92 Å². The first-order valence-corrected chi connectivity index (χ1v) is 10.4. The SMILES string of the molecule is Cc1nc(CN2C(=O)COc3ccc(S(=O)(=O)Nc4ccc(F)cc4Cl)cc32)no1. The van der Waals surface area contributed by atoms with Gasteiger partial charge in [0.05, 0.1) is 27.8 Å². The standard InChI is InChI=1S/C18H14ClFN4O5S/c1-10-21-17(22-29-10)8-24-15-7-12(3-5-16(15)28-9-18(24)25)30(26,27)23-14-4-2-11(20)6-13(14)19/h2-7,23H,8-9H2,1H3. The van der Waals surface area contributed by atoms with Crippen LogP contribution in [0.4, 0.5) is 15.8 Å². The number of sulfonamides is 1. The van der Waals surface area contributed by atoms with Crippen molar-refractivity contribution in [2.45, 2.75) is 18.4 Å². The minimum atomic E-state index is -4.09. The molecule has 1 aliphatic rings. The number of ether oxygens (including phenoxy) is 1. The molecular weight excluding hydrogens is 439 g/mol. The van der Waals surface area contributed by atoms with E-state index in [9.17, 15) is 17.6 Å². The van der Waals surface area contributed by atoms with Gasteiger partial charge in [-0.05, 0) is 36.4 Å². The minimum Gasteiger partial charge on any atom is -0.482 e. The predicted octanol–water partition coefficient (Wildman–Crippen LogP) is 2.90. The number of hydrogen-bond acceptors (Lipinski definition) is 7. The van der Waals surface area contributed by atoms with Crippen LogP contribution in [0.3, 0.4) is 0 Å². The number of amides is 1. The maximum absolute atomic E-state index is 13.2. The van der Waals surface area contributed by atoms with Gasteiger partial charge >= 0.3 is 0 Å². The summed E-state index contributed by atoms with van der Waals surface area (Å²) in [6.45, 7) is 1.38. The summed E-state index contributed by atoms with van der Waals surface area (Å²) in [5, 5.41) is 3.67. The fraction of sp³-hybridized carbons (Fsp3) is 0.167. The maximum Gasteiger partial charge on any atom is 0.265 e. The second kappa shape index (κ2) is 7.58. The van der Waals surface area contributed by atoms with Crippen LogP contribution >= 0.6 is 11.6 Å². The molecule has 1 aliphatic heterocycles. The lowest BCUT2D eigenvalue weighted by Gasteiger charge is -2.28. The van der Waals surface area contributed by atoms with E-state index in [1.165, 1.54) is 29.2 Å². The number of fused-ring (bicyclic) bond motifs is 1. The molecule has 0 saturated heterocycles. The summed E-state index contributed by atoms with van der Waals surface area (Å²) < 4.78 is 51.5. The van der Waals surface area contributed by atoms with Gasteiger partial charge in [-0.2, -0.15) is 4.98 Å². The molecule has 0 unspecified atom stereocenters. The highest BCUT2D eigenvalue weighted by Crippen LogP contribution is 2.36. The van der Waals surface area contributed by atoms with Crippen LogP contribution in [0, 0.1) is 12.7 Å². The van der Waals surface area contributed by atoms with Crippen LogP contribution < -0.4 is 14.4 Å².